The third kappa shape index (κ3) is 4.23. The number of piperidine rings is 1. The number of rotatable bonds is 5. The Bertz CT molecular complexity index is 526. The molecule has 0 radical (unpaired) electrons. The minimum atomic E-state index is -0.0869. The fourth-order valence-electron chi connectivity index (χ4n) is 2.71. The summed E-state index contributed by atoms with van der Waals surface area (Å²) in [6.07, 6.45) is 2.72. The number of nitrogens with one attached hydrogen (secondary N) is 1. The van der Waals surface area contributed by atoms with Crippen molar-refractivity contribution in [1.82, 2.24) is 9.80 Å². The van der Waals surface area contributed by atoms with E-state index in [2.05, 4.69) is 5.32 Å². The lowest BCUT2D eigenvalue weighted by molar-refractivity contribution is -0.133. The number of nitrogens with zero attached hydrogens (tertiary/aromatic N) is 2. The van der Waals surface area contributed by atoms with Crippen LogP contribution < -0.4 is 5.32 Å². The summed E-state index contributed by atoms with van der Waals surface area (Å²) in [5, 5.41) is 2.92. The smallest absolute Gasteiger partial charge is 0.321 e. The Labute approximate surface area is 132 Å². The molecule has 22 heavy (non-hydrogen) atoms. The molecule has 1 aromatic rings. The topological polar surface area (TPSA) is 52.7 Å². The van der Waals surface area contributed by atoms with E-state index in [0.717, 1.165) is 30.6 Å². The summed E-state index contributed by atoms with van der Waals surface area (Å²) >= 11 is 0. The van der Waals surface area contributed by atoms with Gasteiger partial charge >= 0.3 is 6.03 Å². The highest BCUT2D eigenvalue weighted by Crippen LogP contribution is 2.17. The predicted molar refractivity (Wildman–Crippen MR) is 87.6 cm³/mol. The molecule has 0 aliphatic carbocycles. The van der Waals surface area contributed by atoms with E-state index < -0.39 is 0 Å². The Morgan fingerprint density at radius 3 is 2.73 bits per heavy atom. The average molecular weight is 303 g/mol. The highest BCUT2D eigenvalue weighted by molar-refractivity contribution is 5.89. The lowest BCUT2D eigenvalue weighted by atomic mass is 10.1. The molecule has 1 aromatic carbocycles. The number of likely N-dealkylation sites (tertiary alicyclic amines) is 1. The van der Waals surface area contributed by atoms with Gasteiger partial charge in [0.15, 0.2) is 0 Å². The SMILES string of the molecule is CCN(CC)C(=O)Nc1cccc(CN2CCCCC2=O)c1. The van der Waals surface area contributed by atoms with Gasteiger partial charge in [-0.2, -0.15) is 0 Å². The molecule has 1 fully saturated rings. The fraction of sp³-hybridized carbons (Fsp3) is 0.529. The Kier molecular flexibility index (Phi) is 5.81. The highest BCUT2D eigenvalue weighted by Gasteiger charge is 2.18. The molecule has 0 atom stereocenters. The molecule has 1 heterocycles. The van der Waals surface area contributed by atoms with Crippen LogP contribution in [0.4, 0.5) is 10.5 Å². The van der Waals surface area contributed by atoms with Crippen molar-refractivity contribution in [2.75, 3.05) is 25.0 Å². The molecule has 120 valence electrons. The van der Waals surface area contributed by atoms with Gasteiger partial charge in [0, 0.05) is 38.3 Å². The van der Waals surface area contributed by atoms with Crippen LogP contribution in [-0.4, -0.2) is 41.4 Å². The molecule has 0 saturated carbocycles. The van der Waals surface area contributed by atoms with E-state index >= 15 is 0 Å². The van der Waals surface area contributed by atoms with Crippen molar-refractivity contribution < 1.29 is 9.59 Å². The van der Waals surface area contributed by atoms with E-state index in [9.17, 15) is 9.59 Å². The molecule has 5 heteroatoms. The first-order chi connectivity index (χ1) is 10.6. The third-order valence-electron chi connectivity index (χ3n) is 4.02. The van der Waals surface area contributed by atoms with Crippen molar-refractivity contribution in [1.29, 1.82) is 0 Å². The molecular formula is C17H25N3O2. The Balaban J connectivity index is 2.00. The van der Waals surface area contributed by atoms with E-state index in [1.807, 2.05) is 43.0 Å². The zero-order chi connectivity index (χ0) is 15.9. The highest BCUT2D eigenvalue weighted by atomic mass is 16.2. The van der Waals surface area contributed by atoms with Crippen LogP contribution in [0.5, 0.6) is 0 Å². The molecular weight excluding hydrogens is 278 g/mol. The minimum absolute atomic E-state index is 0.0869. The number of hydrogen-bond acceptors (Lipinski definition) is 2. The van der Waals surface area contributed by atoms with Gasteiger partial charge in [-0.1, -0.05) is 12.1 Å². The third-order valence-corrected chi connectivity index (χ3v) is 4.02. The number of anilines is 1. The van der Waals surface area contributed by atoms with Crippen LogP contribution >= 0.6 is 0 Å². The van der Waals surface area contributed by atoms with E-state index in [1.54, 1.807) is 4.90 Å². The molecule has 1 aliphatic rings. The van der Waals surface area contributed by atoms with Gasteiger partial charge in [-0.3, -0.25) is 4.79 Å². The molecule has 1 aliphatic heterocycles. The standard InChI is InChI=1S/C17H25N3O2/c1-3-19(4-2)17(22)18-15-9-7-8-14(12-15)13-20-11-6-5-10-16(20)21/h7-9,12H,3-6,10-11,13H2,1-2H3,(H,18,22). The van der Waals surface area contributed by atoms with Crippen molar-refractivity contribution in [2.45, 2.75) is 39.7 Å². The minimum Gasteiger partial charge on any atom is -0.338 e. The monoisotopic (exact) mass is 303 g/mol. The first kappa shape index (κ1) is 16.3. The number of carbonyl (C=O) groups is 2. The molecule has 1 N–H and O–H groups in total. The number of amides is 3. The molecule has 0 aromatic heterocycles. The maximum atomic E-state index is 12.1. The van der Waals surface area contributed by atoms with Gasteiger partial charge in [-0.15, -0.1) is 0 Å². The van der Waals surface area contributed by atoms with Gasteiger partial charge in [0.25, 0.3) is 0 Å². The van der Waals surface area contributed by atoms with Crippen LogP contribution in [0.15, 0.2) is 24.3 Å². The van der Waals surface area contributed by atoms with Crippen molar-refractivity contribution >= 4 is 17.6 Å². The van der Waals surface area contributed by atoms with Gasteiger partial charge in [0.05, 0.1) is 0 Å². The van der Waals surface area contributed by atoms with Crippen molar-refractivity contribution in [3.05, 3.63) is 29.8 Å². The Hall–Kier alpha value is -2.04. The lowest BCUT2D eigenvalue weighted by Crippen LogP contribution is -2.35. The van der Waals surface area contributed by atoms with Crippen molar-refractivity contribution in [3.63, 3.8) is 0 Å². The summed E-state index contributed by atoms with van der Waals surface area (Å²) in [6.45, 7) is 6.74. The first-order valence-corrected chi connectivity index (χ1v) is 8.06. The summed E-state index contributed by atoms with van der Waals surface area (Å²) in [5.74, 6) is 0.226. The number of carbonyl (C=O) groups excluding carboxylic acids is 2. The van der Waals surface area contributed by atoms with Crippen LogP contribution in [0.2, 0.25) is 0 Å². The molecule has 0 unspecified atom stereocenters. The quantitative estimate of drug-likeness (QED) is 0.909. The first-order valence-electron chi connectivity index (χ1n) is 8.06. The zero-order valence-corrected chi connectivity index (χ0v) is 13.5. The van der Waals surface area contributed by atoms with Crippen LogP contribution in [0, 0.1) is 0 Å². The number of hydrogen-bond donors (Lipinski definition) is 1. The van der Waals surface area contributed by atoms with Gasteiger partial charge in [0.2, 0.25) is 5.91 Å². The van der Waals surface area contributed by atoms with E-state index in [-0.39, 0.29) is 11.9 Å². The van der Waals surface area contributed by atoms with E-state index in [4.69, 9.17) is 0 Å². The van der Waals surface area contributed by atoms with Gasteiger partial charge in [0.1, 0.15) is 0 Å². The Morgan fingerprint density at radius 2 is 2.05 bits per heavy atom. The van der Waals surface area contributed by atoms with E-state index in [0.29, 0.717) is 26.1 Å². The molecule has 0 spiro atoms. The molecule has 1 saturated heterocycles. The second-order valence-electron chi connectivity index (χ2n) is 5.58. The van der Waals surface area contributed by atoms with Crippen LogP contribution in [0.3, 0.4) is 0 Å². The zero-order valence-electron chi connectivity index (χ0n) is 13.5. The summed E-state index contributed by atoms with van der Waals surface area (Å²) in [7, 11) is 0. The van der Waals surface area contributed by atoms with Crippen LogP contribution in [0.1, 0.15) is 38.7 Å². The average Bonchev–Trinajstić information content (AvgIpc) is 2.51. The summed E-state index contributed by atoms with van der Waals surface area (Å²) in [6, 6.07) is 7.65. The van der Waals surface area contributed by atoms with Crippen LogP contribution in [0.25, 0.3) is 0 Å². The van der Waals surface area contributed by atoms with Crippen LogP contribution in [-0.2, 0) is 11.3 Å². The van der Waals surface area contributed by atoms with Gasteiger partial charge in [-0.05, 0) is 44.4 Å². The number of urea groups is 1. The molecule has 3 amide bonds. The normalized spacial score (nSPS) is 14.8. The maximum absolute atomic E-state index is 12.1. The molecule has 2 rings (SSSR count). The lowest BCUT2D eigenvalue weighted by Gasteiger charge is -2.27. The summed E-state index contributed by atoms with van der Waals surface area (Å²) in [5.41, 5.74) is 1.83. The van der Waals surface area contributed by atoms with E-state index in [1.165, 1.54) is 0 Å². The number of benzene rings is 1. The summed E-state index contributed by atoms with van der Waals surface area (Å²) in [4.78, 5) is 27.6. The molecule has 0 bridgehead atoms. The van der Waals surface area contributed by atoms with Crippen molar-refractivity contribution in [3.8, 4) is 0 Å². The largest absolute Gasteiger partial charge is 0.338 e. The van der Waals surface area contributed by atoms with Gasteiger partial charge < -0.3 is 15.1 Å². The van der Waals surface area contributed by atoms with Gasteiger partial charge in [-0.25, -0.2) is 4.79 Å². The summed E-state index contributed by atoms with van der Waals surface area (Å²) < 4.78 is 0. The predicted octanol–water partition coefficient (Wildman–Crippen LogP) is 3.07. The van der Waals surface area contributed by atoms with Crippen molar-refractivity contribution in [2.24, 2.45) is 0 Å². The Morgan fingerprint density at radius 1 is 1.27 bits per heavy atom. The maximum Gasteiger partial charge on any atom is 0.321 e. The second kappa shape index (κ2) is 7.82. The second-order valence-corrected chi connectivity index (χ2v) is 5.58. The fourth-order valence-corrected chi connectivity index (χ4v) is 2.71. The molecule has 5 nitrogen and oxygen atoms in total.